The van der Waals surface area contributed by atoms with Crippen LogP contribution in [-0.2, 0) is 13.6 Å². The first-order chi connectivity index (χ1) is 13.0. The number of rotatable bonds is 17. The molecule has 0 radical (unpaired) electrons. The largest absolute Gasteiger partial charge is 0.337 e. The molecule has 3 atom stereocenters. The average molecular weight is 419 g/mol. The summed E-state index contributed by atoms with van der Waals surface area (Å²) in [5.41, 5.74) is -0.790. The molecule has 0 aliphatic heterocycles. The minimum Gasteiger partial charge on any atom is -0.302 e. The number of unbranched alkanes of at least 4 members (excludes halogenated alkanes) is 3. The molecule has 0 aliphatic carbocycles. The van der Waals surface area contributed by atoms with Crippen molar-refractivity contribution in [2.45, 2.75) is 156 Å². The minimum absolute atomic E-state index is 0.395. The highest BCUT2D eigenvalue weighted by molar-refractivity contribution is 7.55. The molecule has 170 valence electrons. The monoisotopic (exact) mass is 418 g/mol. The maximum absolute atomic E-state index is 14.6. The lowest BCUT2D eigenvalue weighted by Gasteiger charge is -2.45. The Morgan fingerprint density at radius 3 is 1.25 bits per heavy atom. The molecule has 3 nitrogen and oxygen atoms in total. The Labute approximate surface area is 177 Å². The summed E-state index contributed by atoms with van der Waals surface area (Å²) in [6.07, 6.45) is 11.8. The van der Waals surface area contributed by atoms with Gasteiger partial charge in [-0.2, -0.15) is 0 Å². The van der Waals surface area contributed by atoms with Gasteiger partial charge in [-0.3, -0.25) is 4.57 Å². The Bertz CT molecular complexity index is 439. The summed E-state index contributed by atoms with van der Waals surface area (Å²) < 4.78 is 27.9. The molecule has 3 unspecified atom stereocenters. The van der Waals surface area contributed by atoms with Crippen molar-refractivity contribution in [1.82, 2.24) is 0 Å². The quantitative estimate of drug-likeness (QED) is 0.221. The standard InChI is InChI=1S/C24H51O3P/c1-10-16-19-22(7,13-4)26-28(25,24(9,15-6)21-18-12-3)27-23(8,14-5)20-17-11-2/h10-21H2,1-9H3. The topological polar surface area (TPSA) is 35.5 Å². The summed E-state index contributed by atoms with van der Waals surface area (Å²) in [4.78, 5) is 0. The van der Waals surface area contributed by atoms with E-state index in [0.717, 1.165) is 77.0 Å². The van der Waals surface area contributed by atoms with Crippen LogP contribution in [0, 0.1) is 0 Å². The fourth-order valence-corrected chi connectivity index (χ4v) is 6.46. The predicted octanol–water partition coefficient (Wildman–Crippen LogP) is 9.29. The van der Waals surface area contributed by atoms with Crippen LogP contribution in [0.3, 0.4) is 0 Å². The number of hydrogen-bond acceptors (Lipinski definition) is 3. The summed E-state index contributed by atoms with van der Waals surface area (Å²) in [5, 5.41) is -0.436. The molecule has 0 N–H and O–H groups in total. The molecule has 0 rings (SSSR count). The Morgan fingerprint density at radius 1 is 0.607 bits per heavy atom. The van der Waals surface area contributed by atoms with Crippen LogP contribution in [-0.4, -0.2) is 16.4 Å². The Kier molecular flexibility index (Phi) is 12.8. The zero-order valence-electron chi connectivity index (χ0n) is 20.7. The van der Waals surface area contributed by atoms with Crippen molar-refractivity contribution >= 4 is 7.60 Å². The van der Waals surface area contributed by atoms with Crippen LogP contribution >= 0.6 is 7.60 Å². The second-order valence-electron chi connectivity index (χ2n) is 9.45. The molecule has 0 aromatic rings. The summed E-state index contributed by atoms with van der Waals surface area (Å²) in [5.74, 6) is 0. The third-order valence-corrected chi connectivity index (χ3v) is 10.0. The summed E-state index contributed by atoms with van der Waals surface area (Å²) in [6, 6.07) is 0. The second-order valence-corrected chi connectivity index (χ2v) is 11.9. The van der Waals surface area contributed by atoms with Crippen molar-refractivity contribution in [1.29, 1.82) is 0 Å². The lowest BCUT2D eigenvalue weighted by atomic mass is 9.96. The number of hydrogen-bond donors (Lipinski definition) is 0. The van der Waals surface area contributed by atoms with E-state index in [0.29, 0.717) is 0 Å². The SMILES string of the molecule is CCCCC(C)(CC)OP(=O)(OC(C)(CC)CCCC)C(C)(CC)CCCC. The molecule has 0 bridgehead atoms. The van der Waals surface area contributed by atoms with Gasteiger partial charge in [-0.25, -0.2) is 0 Å². The van der Waals surface area contributed by atoms with Crippen molar-refractivity contribution in [2.24, 2.45) is 0 Å². The van der Waals surface area contributed by atoms with Gasteiger partial charge >= 0.3 is 7.60 Å². The molecule has 0 heterocycles. The highest BCUT2D eigenvalue weighted by Gasteiger charge is 2.51. The highest BCUT2D eigenvalue weighted by Crippen LogP contribution is 2.68. The van der Waals surface area contributed by atoms with E-state index in [4.69, 9.17) is 9.05 Å². The maximum atomic E-state index is 14.6. The molecule has 28 heavy (non-hydrogen) atoms. The Morgan fingerprint density at radius 2 is 0.964 bits per heavy atom. The van der Waals surface area contributed by atoms with Crippen molar-refractivity contribution in [3.63, 3.8) is 0 Å². The van der Waals surface area contributed by atoms with E-state index in [9.17, 15) is 4.57 Å². The molecule has 0 aromatic heterocycles. The second kappa shape index (κ2) is 12.8. The van der Waals surface area contributed by atoms with Crippen LogP contribution < -0.4 is 0 Å². The Hall–Kier alpha value is 0.150. The normalized spacial score (nSPS) is 20.8. The third-order valence-electron chi connectivity index (χ3n) is 6.79. The fourth-order valence-electron chi connectivity index (χ4n) is 3.56. The first-order valence-corrected chi connectivity index (χ1v) is 13.6. The van der Waals surface area contributed by atoms with E-state index in [1.165, 1.54) is 0 Å². The van der Waals surface area contributed by atoms with Gasteiger partial charge in [0.2, 0.25) is 0 Å². The lowest BCUT2D eigenvalue weighted by molar-refractivity contribution is -0.00635. The zero-order chi connectivity index (χ0) is 21.9. The van der Waals surface area contributed by atoms with Crippen LogP contribution in [0.15, 0.2) is 0 Å². The minimum atomic E-state index is -3.33. The fraction of sp³-hybridized carbons (Fsp3) is 1.00. The first-order valence-electron chi connectivity index (χ1n) is 12.0. The molecule has 0 saturated heterocycles. The van der Waals surface area contributed by atoms with Crippen molar-refractivity contribution in [2.75, 3.05) is 0 Å². The van der Waals surface area contributed by atoms with Crippen molar-refractivity contribution < 1.29 is 13.6 Å². The maximum Gasteiger partial charge on any atom is 0.337 e. The van der Waals surface area contributed by atoms with Gasteiger partial charge < -0.3 is 9.05 Å². The molecular weight excluding hydrogens is 367 g/mol. The molecule has 0 fully saturated rings. The van der Waals surface area contributed by atoms with Gasteiger partial charge in [0.1, 0.15) is 0 Å². The van der Waals surface area contributed by atoms with Gasteiger partial charge in [0.05, 0.1) is 16.4 Å². The smallest absolute Gasteiger partial charge is 0.302 e. The van der Waals surface area contributed by atoms with Gasteiger partial charge in [-0.15, -0.1) is 0 Å². The summed E-state index contributed by atoms with van der Waals surface area (Å²) >= 11 is 0. The molecule has 4 heteroatoms. The Balaban J connectivity index is 6.02. The third kappa shape index (κ3) is 8.11. The molecule has 0 spiro atoms. The van der Waals surface area contributed by atoms with E-state index < -0.39 is 24.0 Å². The van der Waals surface area contributed by atoms with Crippen LogP contribution in [0.4, 0.5) is 0 Å². The van der Waals surface area contributed by atoms with Crippen molar-refractivity contribution in [3.05, 3.63) is 0 Å². The van der Waals surface area contributed by atoms with E-state index in [1.807, 2.05) is 0 Å². The van der Waals surface area contributed by atoms with Crippen LogP contribution in [0.5, 0.6) is 0 Å². The van der Waals surface area contributed by atoms with E-state index in [-0.39, 0.29) is 0 Å². The van der Waals surface area contributed by atoms with Crippen molar-refractivity contribution in [3.8, 4) is 0 Å². The highest BCUT2D eigenvalue weighted by atomic mass is 31.2. The van der Waals surface area contributed by atoms with E-state index in [1.54, 1.807) is 0 Å². The summed E-state index contributed by atoms with van der Waals surface area (Å²) in [7, 11) is -3.33. The van der Waals surface area contributed by atoms with Gasteiger partial charge in [-0.05, 0) is 59.3 Å². The molecule has 0 aromatic carbocycles. The zero-order valence-corrected chi connectivity index (χ0v) is 21.6. The van der Waals surface area contributed by atoms with Gasteiger partial charge in [-0.1, -0.05) is 80.1 Å². The summed E-state index contributed by atoms with van der Waals surface area (Å²) in [6.45, 7) is 19.4. The van der Waals surface area contributed by atoms with Crippen LogP contribution in [0.25, 0.3) is 0 Å². The average Bonchev–Trinajstić information content (AvgIpc) is 2.68. The van der Waals surface area contributed by atoms with Crippen LogP contribution in [0.1, 0.15) is 139 Å². The molecular formula is C24H51O3P. The van der Waals surface area contributed by atoms with Crippen LogP contribution in [0.2, 0.25) is 0 Å². The molecule has 0 amide bonds. The molecule has 0 aliphatic rings. The van der Waals surface area contributed by atoms with E-state index >= 15 is 0 Å². The molecule has 0 saturated carbocycles. The van der Waals surface area contributed by atoms with Gasteiger partial charge in [0.25, 0.3) is 0 Å². The lowest BCUT2D eigenvalue weighted by Crippen LogP contribution is -2.38. The first kappa shape index (κ1) is 28.1. The van der Waals surface area contributed by atoms with Gasteiger partial charge in [0.15, 0.2) is 0 Å². The van der Waals surface area contributed by atoms with Gasteiger partial charge in [0, 0.05) is 0 Å². The predicted molar refractivity (Wildman–Crippen MR) is 124 cm³/mol. The van der Waals surface area contributed by atoms with E-state index in [2.05, 4.69) is 62.3 Å².